The molecule has 0 spiro atoms. The maximum absolute atomic E-state index is 10.6. The predicted octanol–water partition coefficient (Wildman–Crippen LogP) is 1.88. The van der Waals surface area contributed by atoms with Gasteiger partial charge in [-0.25, -0.2) is 9.59 Å². The summed E-state index contributed by atoms with van der Waals surface area (Å²) < 4.78 is 13.9. The summed E-state index contributed by atoms with van der Waals surface area (Å²) in [6, 6.07) is 0. The third-order valence-electron chi connectivity index (χ3n) is 1.48. The van der Waals surface area contributed by atoms with Gasteiger partial charge in [0.15, 0.2) is 0 Å². The molecule has 0 saturated heterocycles. The van der Waals surface area contributed by atoms with Gasteiger partial charge in [-0.2, -0.15) is 0 Å². The smallest absolute Gasteiger partial charge is 0.333 e. The Labute approximate surface area is 108 Å². The molecule has 104 valence electrons. The molecule has 0 fully saturated rings. The fourth-order valence-electron chi connectivity index (χ4n) is 0.602. The SMILES string of the molecule is C=C(C)C(=O)OCCOC.C=CC(=O)OCCC. The lowest BCUT2D eigenvalue weighted by Gasteiger charge is -2.01. The zero-order chi connectivity index (χ0) is 14.4. The molecule has 0 amide bonds. The second-order valence-corrected chi connectivity index (χ2v) is 3.28. The van der Waals surface area contributed by atoms with Crippen molar-refractivity contribution in [2.75, 3.05) is 26.9 Å². The Morgan fingerprint density at radius 2 is 1.78 bits per heavy atom. The summed E-state index contributed by atoms with van der Waals surface area (Å²) in [6.07, 6.45) is 2.02. The van der Waals surface area contributed by atoms with Crippen LogP contribution in [0.5, 0.6) is 0 Å². The van der Waals surface area contributed by atoms with Crippen molar-refractivity contribution in [3.63, 3.8) is 0 Å². The lowest BCUT2D eigenvalue weighted by molar-refractivity contribution is -0.140. The quantitative estimate of drug-likeness (QED) is 0.396. The minimum Gasteiger partial charge on any atom is -0.463 e. The van der Waals surface area contributed by atoms with Crippen LogP contribution in [-0.2, 0) is 23.8 Å². The van der Waals surface area contributed by atoms with E-state index in [1.54, 1.807) is 14.0 Å². The molecule has 5 heteroatoms. The van der Waals surface area contributed by atoms with Crippen LogP contribution in [0, 0.1) is 0 Å². The maximum atomic E-state index is 10.6. The Hall–Kier alpha value is -1.62. The molecular formula is C13H22O5. The summed E-state index contributed by atoms with van der Waals surface area (Å²) in [4.78, 5) is 20.9. The largest absolute Gasteiger partial charge is 0.463 e. The van der Waals surface area contributed by atoms with E-state index in [0.29, 0.717) is 25.4 Å². The van der Waals surface area contributed by atoms with Crippen molar-refractivity contribution in [3.05, 3.63) is 24.8 Å². The van der Waals surface area contributed by atoms with Crippen molar-refractivity contribution in [1.29, 1.82) is 0 Å². The zero-order valence-corrected chi connectivity index (χ0v) is 11.4. The lowest BCUT2D eigenvalue weighted by atomic mass is 10.4. The van der Waals surface area contributed by atoms with Gasteiger partial charge in [0, 0.05) is 18.8 Å². The zero-order valence-electron chi connectivity index (χ0n) is 11.4. The Balaban J connectivity index is 0. The molecule has 18 heavy (non-hydrogen) atoms. The van der Waals surface area contributed by atoms with E-state index in [0.717, 1.165) is 12.5 Å². The van der Waals surface area contributed by atoms with Gasteiger partial charge in [-0.15, -0.1) is 0 Å². The van der Waals surface area contributed by atoms with Crippen LogP contribution in [0.3, 0.4) is 0 Å². The minimum absolute atomic E-state index is 0.294. The third kappa shape index (κ3) is 14.4. The van der Waals surface area contributed by atoms with Gasteiger partial charge in [0.1, 0.15) is 6.61 Å². The highest BCUT2D eigenvalue weighted by Crippen LogP contribution is 1.90. The van der Waals surface area contributed by atoms with Crippen molar-refractivity contribution >= 4 is 11.9 Å². The highest BCUT2D eigenvalue weighted by atomic mass is 16.6. The van der Waals surface area contributed by atoms with Crippen LogP contribution in [0.2, 0.25) is 0 Å². The first kappa shape index (κ1) is 18.7. The molecule has 0 aromatic heterocycles. The van der Waals surface area contributed by atoms with E-state index in [1.807, 2.05) is 6.92 Å². The molecule has 0 heterocycles. The average Bonchev–Trinajstić information content (AvgIpc) is 2.36. The minimum atomic E-state index is -0.364. The van der Waals surface area contributed by atoms with Crippen molar-refractivity contribution in [2.24, 2.45) is 0 Å². The van der Waals surface area contributed by atoms with Gasteiger partial charge in [0.25, 0.3) is 0 Å². The average molecular weight is 258 g/mol. The van der Waals surface area contributed by atoms with Crippen LogP contribution in [0.4, 0.5) is 0 Å². The van der Waals surface area contributed by atoms with Gasteiger partial charge in [0.2, 0.25) is 0 Å². The summed E-state index contributed by atoms with van der Waals surface area (Å²) in [5.41, 5.74) is 0.413. The van der Waals surface area contributed by atoms with Gasteiger partial charge in [-0.05, 0) is 13.3 Å². The Kier molecular flexibility index (Phi) is 14.0. The van der Waals surface area contributed by atoms with E-state index >= 15 is 0 Å². The van der Waals surface area contributed by atoms with Gasteiger partial charge >= 0.3 is 11.9 Å². The molecule has 0 atom stereocenters. The number of carbonyl (C=O) groups excluding carboxylic acids is 2. The molecule has 0 aromatic rings. The van der Waals surface area contributed by atoms with E-state index < -0.39 is 0 Å². The number of ether oxygens (including phenoxy) is 3. The van der Waals surface area contributed by atoms with Gasteiger partial charge in [-0.3, -0.25) is 0 Å². The van der Waals surface area contributed by atoms with Gasteiger partial charge in [0.05, 0.1) is 13.2 Å². The van der Waals surface area contributed by atoms with Crippen molar-refractivity contribution in [2.45, 2.75) is 20.3 Å². The Morgan fingerprint density at radius 3 is 2.17 bits per heavy atom. The van der Waals surface area contributed by atoms with Gasteiger partial charge in [-0.1, -0.05) is 20.1 Å². The molecule has 0 bridgehead atoms. The highest BCUT2D eigenvalue weighted by Gasteiger charge is 2.00. The first-order valence-electron chi connectivity index (χ1n) is 5.60. The normalized spacial score (nSPS) is 8.61. The summed E-state index contributed by atoms with van der Waals surface area (Å²) in [6.45, 7) is 11.4. The monoisotopic (exact) mass is 258 g/mol. The molecule has 0 radical (unpaired) electrons. The third-order valence-corrected chi connectivity index (χ3v) is 1.48. The topological polar surface area (TPSA) is 61.8 Å². The second kappa shape index (κ2) is 13.4. The van der Waals surface area contributed by atoms with Crippen LogP contribution >= 0.6 is 0 Å². The second-order valence-electron chi connectivity index (χ2n) is 3.28. The fraction of sp³-hybridized carbons (Fsp3) is 0.538. The van der Waals surface area contributed by atoms with Crippen LogP contribution in [0.1, 0.15) is 20.3 Å². The Bertz CT molecular complexity index is 271. The predicted molar refractivity (Wildman–Crippen MR) is 69.1 cm³/mol. The lowest BCUT2D eigenvalue weighted by Crippen LogP contribution is -2.09. The van der Waals surface area contributed by atoms with E-state index in [9.17, 15) is 9.59 Å². The number of methoxy groups -OCH3 is 1. The molecule has 0 N–H and O–H groups in total. The molecule has 0 aliphatic rings. The highest BCUT2D eigenvalue weighted by molar-refractivity contribution is 5.86. The molecule has 5 nitrogen and oxygen atoms in total. The standard InChI is InChI=1S/C7H12O3.C6H10O2/c1-6(2)7(8)10-5-4-9-3;1-3-5-8-6(7)4-2/h1,4-5H2,2-3H3;4H,2-3,5H2,1H3. The molecule has 0 aromatic carbocycles. The number of hydrogen-bond donors (Lipinski definition) is 0. The van der Waals surface area contributed by atoms with Gasteiger partial charge < -0.3 is 14.2 Å². The van der Waals surface area contributed by atoms with Crippen LogP contribution in [-0.4, -0.2) is 38.9 Å². The summed E-state index contributed by atoms with van der Waals surface area (Å²) in [5.74, 6) is -0.705. The summed E-state index contributed by atoms with van der Waals surface area (Å²) in [7, 11) is 1.55. The number of rotatable bonds is 7. The van der Waals surface area contributed by atoms with E-state index in [4.69, 9.17) is 0 Å². The molecular weight excluding hydrogens is 236 g/mol. The number of hydrogen-bond acceptors (Lipinski definition) is 5. The molecule has 0 aliphatic heterocycles. The van der Waals surface area contributed by atoms with Crippen molar-refractivity contribution in [1.82, 2.24) is 0 Å². The maximum Gasteiger partial charge on any atom is 0.333 e. The van der Waals surface area contributed by atoms with Crippen molar-refractivity contribution < 1.29 is 23.8 Å². The number of carbonyl (C=O) groups is 2. The fourth-order valence-corrected chi connectivity index (χ4v) is 0.602. The van der Waals surface area contributed by atoms with E-state index in [2.05, 4.69) is 27.4 Å². The molecule has 0 rings (SSSR count). The number of esters is 2. The summed E-state index contributed by atoms with van der Waals surface area (Å²) >= 11 is 0. The van der Waals surface area contributed by atoms with Crippen molar-refractivity contribution in [3.8, 4) is 0 Å². The Morgan fingerprint density at radius 1 is 1.17 bits per heavy atom. The molecule has 0 unspecified atom stereocenters. The first-order valence-corrected chi connectivity index (χ1v) is 5.60. The van der Waals surface area contributed by atoms with Crippen LogP contribution in [0.25, 0.3) is 0 Å². The molecule has 0 saturated carbocycles. The summed E-state index contributed by atoms with van der Waals surface area (Å²) in [5, 5.41) is 0. The van der Waals surface area contributed by atoms with Crippen LogP contribution < -0.4 is 0 Å². The molecule has 0 aliphatic carbocycles. The first-order chi connectivity index (χ1) is 8.49. The van der Waals surface area contributed by atoms with E-state index in [1.165, 1.54) is 0 Å². The van der Waals surface area contributed by atoms with Crippen LogP contribution in [0.15, 0.2) is 24.8 Å². The van der Waals surface area contributed by atoms with E-state index in [-0.39, 0.29) is 11.9 Å².